The molecule has 1 aliphatic rings. The van der Waals surface area contributed by atoms with Crippen LogP contribution in [-0.4, -0.2) is 46.5 Å². The van der Waals surface area contributed by atoms with Gasteiger partial charge in [-0.3, -0.25) is 19.4 Å². The summed E-state index contributed by atoms with van der Waals surface area (Å²) < 4.78 is 33.7. The summed E-state index contributed by atoms with van der Waals surface area (Å²) in [6.45, 7) is 1.76. The molecular formula is C23H22F2N6O4. The van der Waals surface area contributed by atoms with Gasteiger partial charge in [0.15, 0.2) is 17.4 Å². The van der Waals surface area contributed by atoms with Crippen LogP contribution in [0.2, 0.25) is 0 Å². The molecule has 0 atom stereocenters. The third kappa shape index (κ3) is 5.17. The lowest BCUT2D eigenvalue weighted by Gasteiger charge is -2.27. The van der Waals surface area contributed by atoms with Gasteiger partial charge in [0.2, 0.25) is 0 Å². The molecule has 0 spiro atoms. The average Bonchev–Trinajstić information content (AvgIpc) is 3.66. The third-order valence-electron chi connectivity index (χ3n) is 5.09. The Morgan fingerprint density at radius 2 is 1.80 bits per heavy atom. The van der Waals surface area contributed by atoms with Crippen molar-refractivity contribution in [1.29, 1.82) is 0 Å². The summed E-state index contributed by atoms with van der Waals surface area (Å²) in [5, 5.41) is 3.94. The van der Waals surface area contributed by atoms with Gasteiger partial charge in [0.05, 0.1) is 42.9 Å². The number of halogens is 2. The fourth-order valence-electron chi connectivity index (χ4n) is 3.37. The number of nitrogens with two attached hydrogens (primary N) is 1. The van der Waals surface area contributed by atoms with E-state index in [-0.39, 0.29) is 52.4 Å². The fraction of sp³-hybridized carbons (Fsp3) is 0.261. The minimum absolute atomic E-state index is 0.00481. The predicted octanol–water partition coefficient (Wildman–Crippen LogP) is 2.91. The molecule has 4 rings (SSSR count). The highest BCUT2D eigenvalue weighted by atomic mass is 19.1. The summed E-state index contributed by atoms with van der Waals surface area (Å²) >= 11 is 0. The molecule has 3 N–H and O–H groups in total. The maximum atomic E-state index is 14.8. The Hall–Kier alpha value is -4.19. The third-order valence-corrected chi connectivity index (χ3v) is 5.09. The van der Waals surface area contributed by atoms with Crippen molar-refractivity contribution >= 4 is 23.2 Å². The fourth-order valence-corrected chi connectivity index (χ4v) is 3.37. The Labute approximate surface area is 199 Å². The minimum atomic E-state index is -0.844. The van der Waals surface area contributed by atoms with Crippen LogP contribution in [0, 0.1) is 11.6 Å². The van der Waals surface area contributed by atoms with E-state index in [1.165, 1.54) is 13.2 Å². The maximum absolute atomic E-state index is 14.8. The smallest absolute Gasteiger partial charge is 0.270 e. The van der Waals surface area contributed by atoms with Crippen LogP contribution in [0.15, 0.2) is 36.8 Å². The number of amides is 2. The van der Waals surface area contributed by atoms with E-state index in [9.17, 15) is 18.4 Å². The first-order valence-electron chi connectivity index (χ1n) is 10.7. The van der Waals surface area contributed by atoms with Crippen LogP contribution < -0.4 is 20.9 Å². The number of rotatable bonds is 9. The summed E-state index contributed by atoms with van der Waals surface area (Å²) in [5.74, 6) is -2.59. The number of nitrogens with zero attached hydrogens (tertiary/aromatic N) is 4. The number of carbonyl (C=O) groups is 2. The number of carbonyl (C=O) groups excluding carboxylic acids is 2. The number of ether oxygens (including phenoxy) is 1. The van der Waals surface area contributed by atoms with Crippen molar-refractivity contribution in [1.82, 2.24) is 20.3 Å². The second-order valence-corrected chi connectivity index (χ2v) is 7.64. The second-order valence-electron chi connectivity index (χ2n) is 7.64. The van der Waals surface area contributed by atoms with Crippen molar-refractivity contribution in [3.8, 4) is 17.1 Å². The van der Waals surface area contributed by atoms with Gasteiger partial charge < -0.3 is 15.8 Å². The topological polar surface area (TPSA) is 133 Å². The zero-order valence-electron chi connectivity index (χ0n) is 18.9. The van der Waals surface area contributed by atoms with E-state index >= 15 is 0 Å². The normalized spacial score (nSPS) is 12.8. The highest BCUT2D eigenvalue weighted by molar-refractivity contribution is 6.02. The lowest BCUT2D eigenvalue weighted by atomic mass is 10.1. The first-order valence-corrected chi connectivity index (χ1v) is 10.7. The van der Waals surface area contributed by atoms with Crippen molar-refractivity contribution in [3.05, 3.63) is 59.7 Å². The number of anilines is 2. The number of hydrogen-bond donors (Lipinski definition) is 2. The molecule has 2 aromatic heterocycles. The number of hydrogen-bond acceptors (Lipinski definition) is 8. The molecule has 2 heterocycles. The van der Waals surface area contributed by atoms with Crippen LogP contribution in [0.1, 0.15) is 40.6 Å². The van der Waals surface area contributed by atoms with Crippen LogP contribution in [0.25, 0.3) is 11.4 Å². The van der Waals surface area contributed by atoms with Crippen molar-refractivity contribution in [2.75, 3.05) is 18.8 Å². The second kappa shape index (κ2) is 9.97. The van der Waals surface area contributed by atoms with Gasteiger partial charge in [-0.2, -0.15) is 0 Å². The summed E-state index contributed by atoms with van der Waals surface area (Å²) in [6.07, 6.45) is 4.77. The SMILES string of the molecule is CCON(c1cc(C(=O)NC2CC2)ncc1C(N)=O)c1cc(F)cc(-c2ncc(F)cn2)c1OC. The van der Waals surface area contributed by atoms with Gasteiger partial charge in [0, 0.05) is 18.3 Å². The first-order chi connectivity index (χ1) is 16.8. The molecule has 12 heteroatoms. The molecule has 1 saturated carbocycles. The Kier molecular flexibility index (Phi) is 6.82. The Morgan fingerprint density at radius 1 is 1.09 bits per heavy atom. The zero-order valence-corrected chi connectivity index (χ0v) is 18.9. The van der Waals surface area contributed by atoms with E-state index in [2.05, 4.69) is 20.3 Å². The zero-order chi connectivity index (χ0) is 25.1. The lowest BCUT2D eigenvalue weighted by molar-refractivity contribution is 0.0942. The molecule has 10 nitrogen and oxygen atoms in total. The average molecular weight is 484 g/mol. The number of nitrogens with one attached hydrogen (secondary N) is 1. The Bertz CT molecular complexity index is 1270. The maximum Gasteiger partial charge on any atom is 0.270 e. The Morgan fingerprint density at radius 3 is 2.40 bits per heavy atom. The molecular weight excluding hydrogens is 462 g/mol. The molecule has 1 fully saturated rings. The van der Waals surface area contributed by atoms with E-state index in [4.69, 9.17) is 15.3 Å². The van der Waals surface area contributed by atoms with Crippen molar-refractivity contribution in [2.24, 2.45) is 5.73 Å². The molecule has 1 aliphatic carbocycles. The van der Waals surface area contributed by atoms with Crippen molar-refractivity contribution in [3.63, 3.8) is 0 Å². The molecule has 1 aromatic carbocycles. The van der Waals surface area contributed by atoms with Crippen LogP contribution in [0.3, 0.4) is 0 Å². The highest BCUT2D eigenvalue weighted by Gasteiger charge is 2.28. The molecule has 182 valence electrons. The number of benzene rings is 1. The predicted molar refractivity (Wildman–Crippen MR) is 121 cm³/mol. The number of pyridine rings is 1. The molecule has 0 unspecified atom stereocenters. The monoisotopic (exact) mass is 484 g/mol. The summed E-state index contributed by atoms with van der Waals surface area (Å²) in [7, 11) is 1.34. The van der Waals surface area contributed by atoms with Gasteiger partial charge in [-0.25, -0.2) is 23.8 Å². The van der Waals surface area contributed by atoms with Crippen LogP contribution in [0.5, 0.6) is 5.75 Å². The molecule has 0 radical (unpaired) electrons. The van der Waals surface area contributed by atoms with Crippen LogP contribution in [-0.2, 0) is 4.84 Å². The number of primary amides is 1. The van der Waals surface area contributed by atoms with Crippen molar-refractivity contribution in [2.45, 2.75) is 25.8 Å². The van der Waals surface area contributed by atoms with Crippen LogP contribution in [0.4, 0.5) is 20.2 Å². The largest absolute Gasteiger partial charge is 0.494 e. The van der Waals surface area contributed by atoms with Gasteiger partial charge in [-0.1, -0.05) is 0 Å². The molecule has 0 aliphatic heterocycles. The van der Waals surface area contributed by atoms with E-state index in [1.807, 2.05) is 0 Å². The summed E-state index contributed by atoms with van der Waals surface area (Å²) in [4.78, 5) is 42.4. The van der Waals surface area contributed by atoms with E-state index < -0.39 is 23.4 Å². The quantitative estimate of drug-likeness (QED) is 0.443. The Balaban J connectivity index is 1.89. The highest BCUT2D eigenvalue weighted by Crippen LogP contribution is 2.42. The number of methoxy groups -OCH3 is 1. The van der Waals surface area contributed by atoms with E-state index in [1.54, 1.807) is 6.92 Å². The molecule has 2 amide bonds. The van der Waals surface area contributed by atoms with Gasteiger partial charge >= 0.3 is 0 Å². The van der Waals surface area contributed by atoms with Gasteiger partial charge in [0.1, 0.15) is 17.2 Å². The van der Waals surface area contributed by atoms with E-state index in [0.29, 0.717) is 0 Å². The van der Waals surface area contributed by atoms with Gasteiger partial charge in [-0.15, -0.1) is 0 Å². The standard InChI is InChI=1S/C23H22F2N6O4/c1-3-35-31(18-8-17(23(33)30-14-4-5-14)27-11-16(18)21(26)32)19-7-12(24)6-15(20(19)34-2)22-28-9-13(25)10-29-22/h6-11,14H,3-5H2,1-2H3,(H2,26,32)(H,30,33). The lowest BCUT2D eigenvalue weighted by Crippen LogP contribution is -2.28. The molecule has 35 heavy (non-hydrogen) atoms. The van der Waals surface area contributed by atoms with Gasteiger partial charge in [-0.05, 0) is 31.9 Å². The minimum Gasteiger partial charge on any atom is -0.494 e. The summed E-state index contributed by atoms with van der Waals surface area (Å²) in [6, 6.07) is 3.63. The van der Waals surface area contributed by atoms with E-state index in [0.717, 1.165) is 48.6 Å². The molecule has 0 saturated heterocycles. The molecule has 0 bridgehead atoms. The van der Waals surface area contributed by atoms with Crippen molar-refractivity contribution < 1.29 is 27.9 Å². The summed E-state index contributed by atoms with van der Waals surface area (Å²) in [5.41, 5.74) is 5.67. The number of aromatic nitrogens is 3. The van der Waals surface area contributed by atoms with Gasteiger partial charge in [0.25, 0.3) is 11.8 Å². The first kappa shape index (κ1) is 24.0. The van der Waals surface area contributed by atoms with Crippen LogP contribution >= 0.6 is 0 Å². The molecule has 3 aromatic rings.